The SMILES string of the molecule is O=[N+]([O-])c1cc(F)ccc1CCc1ccc(Br)cc1. The third kappa shape index (κ3) is 3.61. The normalized spacial score (nSPS) is 10.4. The van der Waals surface area contributed by atoms with Crippen LogP contribution in [0.15, 0.2) is 46.9 Å². The number of hydrogen-bond acceptors (Lipinski definition) is 2. The van der Waals surface area contributed by atoms with Crippen LogP contribution < -0.4 is 0 Å². The van der Waals surface area contributed by atoms with E-state index in [-0.39, 0.29) is 5.69 Å². The number of hydrogen-bond donors (Lipinski definition) is 0. The van der Waals surface area contributed by atoms with Crippen molar-refractivity contribution in [1.82, 2.24) is 0 Å². The molecule has 0 aromatic heterocycles. The molecule has 0 aliphatic rings. The molecule has 3 nitrogen and oxygen atoms in total. The number of halogens is 2. The highest BCUT2D eigenvalue weighted by Crippen LogP contribution is 2.22. The van der Waals surface area contributed by atoms with Gasteiger partial charge in [0.15, 0.2) is 0 Å². The van der Waals surface area contributed by atoms with Gasteiger partial charge in [0.05, 0.1) is 11.0 Å². The smallest absolute Gasteiger partial charge is 0.258 e. The van der Waals surface area contributed by atoms with Crippen LogP contribution >= 0.6 is 15.9 Å². The van der Waals surface area contributed by atoms with E-state index in [2.05, 4.69) is 15.9 Å². The summed E-state index contributed by atoms with van der Waals surface area (Å²) in [6.45, 7) is 0. The molecule has 19 heavy (non-hydrogen) atoms. The number of rotatable bonds is 4. The molecule has 0 saturated heterocycles. The molecular formula is C14H11BrFNO2. The van der Waals surface area contributed by atoms with Crippen molar-refractivity contribution < 1.29 is 9.31 Å². The first-order valence-corrected chi connectivity index (χ1v) is 6.53. The van der Waals surface area contributed by atoms with E-state index in [9.17, 15) is 14.5 Å². The van der Waals surface area contributed by atoms with Gasteiger partial charge < -0.3 is 0 Å². The van der Waals surface area contributed by atoms with E-state index in [0.29, 0.717) is 18.4 Å². The second kappa shape index (κ2) is 5.93. The number of nitro groups is 1. The van der Waals surface area contributed by atoms with E-state index < -0.39 is 10.7 Å². The molecule has 2 rings (SSSR count). The van der Waals surface area contributed by atoms with Gasteiger partial charge in [0.2, 0.25) is 0 Å². The molecule has 2 aromatic rings. The predicted octanol–water partition coefficient (Wildman–Crippen LogP) is 4.28. The Morgan fingerprint density at radius 1 is 1.11 bits per heavy atom. The lowest BCUT2D eigenvalue weighted by Crippen LogP contribution is -1.98. The molecule has 0 bridgehead atoms. The Morgan fingerprint density at radius 3 is 2.42 bits per heavy atom. The Hall–Kier alpha value is -1.75. The van der Waals surface area contributed by atoms with E-state index in [4.69, 9.17) is 0 Å². The summed E-state index contributed by atoms with van der Waals surface area (Å²) in [5, 5.41) is 10.9. The van der Waals surface area contributed by atoms with E-state index in [1.54, 1.807) is 0 Å². The maximum Gasteiger partial charge on any atom is 0.275 e. The van der Waals surface area contributed by atoms with Crippen LogP contribution in [0.5, 0.6) is 0 Å². The van der Waals surface area contributed by atoms with Crippen LogP contribution in [0.25, 0.3) is 0 Å². The average Bonchev–Trinajstić information content (AvgIpc) is 2.39. The molecule has 0 saturated carbocycles. The number of nitro benzene ring substituents is 1. The fourth-order valence-corrected chi connectivity index (χ4v) is 2.11. The lowest BCUT2D eigenvalue weighted by molar-refractivity contribution is -0.385. The molecule has 98 valence electrons. The van der Waals surface area contributed by atoms with Gasteiger partial charge in [0.25, 0.3) is 5.69 Å². The van der Waals surface area contributed by atoms with Crippen molar-refractivity contribution in [2.75, 3.05) is 0 Å². The van der Waals surface area contributed by atoms with Gasteiger partial charge >= 0.3 is 0 Å². The highest BCUT2D eigenvalue weighted by Gasteiger charge is 2.14. The van der Waals surface area contributed by atoms with Crippen molar-refractivity contribution >= 4 is 21.6 Å². The Kier molecular flexibility index (Phi) is 4.27. The van der Waals surface area contributed by atoms with E-state index >= 15 is 0 Å². The first kappa shape index (κ1) is 13.7. The van der Waals surface area contributed by atoms with E-state index in [1.165, 1.54) is 12.1 Å². The highest BCUT2D eigenvalue weighted by molar-refractivity contribution is 9.10. The van der Waals surface area contributed by atoms with Crippen LogP contribution in [-0.4, -0.2) is 4.92 Å². The second-order valence-corrected chi connectivity index (χ2v) is 5.07. The Balaban J connectivity index is 2.15. The van der Waals surface area contributed by atoms with Gasteiger partial charge in [0, 0.05) is 10.0 Å². The molecule has 0 N–H and O–H groups in total. The van der Waals surface area contributed by atoms with Crippen LogP contribution in [0.1, 0.15) is 11.1 Å². The summed E-state index contributed by atoms with van der Waals surface area (Å²) < 4.78 is 14.0. The van der Waals surface area contributed by atoms with Gasteiger partial charge in [-0.3, -0.25) is 10.1 Å². The van der Waals surface area contributed by atoms with Crippen LogP contribution in [0, 0.1) is 15.9 Å². The van der Waals surface area contributed by atoms with Crippen molar-refractivity contribution in [1.29, 1.82) is 0 Å². The zero-order valence-corrected chi connectivity index (χ0v) is 11.6. The first-order chi connectivity index (χ1) is 9.06. The van der Waals surface area contributed by atoms with Crippen molar-refractivity contribution in [2.24, 2.45) is 0 Å². The Bertz CT molecular complexity index is 599. The molecule has 0 unspecified atom stereocenters. The molecule has 0 aliphatic carbocycles. The Labute approximate surface area is 118 Å². The zero-order valence-electron chi connectivity index (χ0n) is 9.98. The molecule has 0 heterocycles. The lowest BCUT2D eigenvalue weighted by Gasteiger charge is -2.04. The minimum atomic E-state index is -0.584. The standard InChI is InChI=1S/C14H11BrFNO2/c15-12-6-2-10(3-7-12)1-4-11-5-8-13(16)9-14(11)17(18)19/h2-3,5-9H,1,4H2. The van der Waals surface area contributed by atoms with Crippen molar-refractivity contribution in [3.05, 3.63) is 74.0 Å². The van der Waals surface area contributed by atoms with E-state index in [0.717, 1.165) is 16.1 Å². The minimum absolute atomic E-state index is 0.155. The van der Waals surface area contributed by atoms with Crippen LogP contribution in [-0.2, 0) is 12.8 Å². The third-order valence-electron chi connectivity index (χ3n) is 2.84. The number of nitrogens with zero attached hydrogens (tertiary/aromatic N) is 1. The monoisotopic (exact) mass is 323 g/mol. The summed E-state index contributed by atoms with van der Waals surface area (Å²) >= 11 is 3.35. The van der Waals surface area contributed by atoms with Gasteiger partial charge in [-0.05, 0) is 42.7 Å². The zero-order chi connectivity index (χ0) is 13.8. The van der Waals surface area contributed by atoms with E-state index in [1.807, 2.05) is 24.3 Å². The third-order valence-corrected chi connectivity index (χ3v) is 3.37. The molecule has 0 aliphatic heterocycles. The first-order valence-electron chi connectivity index (χ1n) is 5.73. The second-order valence-electron chi connectivity index (χ2n) is 4.16. The molecular weight excluding hydrogens is 313 g/mol. The summed E-state index contributed by atoms with van der Waals surface area (Å²) in [6.07, 6.45) is 1.19. The molecule has 0 radical (unpaired) electrons. The van der Waals surface area contributed by atoms with Crippen molar-refractivity contribution in [2.45, 2.75) is 12.8 Å². The summed E-state index contributed by atoms with van der Waals surface area (Å²) in [5.41, 5.74) is 1.48. The predicted molar refractivity (Wildman–Crippen MR) is 74.6 cm³/mol. The van der Waals surface area contributed by atoms with Gasteiger partial charge in [-0.25, -0.2) is 4.39 Å². The summed E-state index contributed by atoms with van der Waals surface area (Å²) in [7, 11) is 0. The largest absolute Gasteiger partial charge is 0.275 e. The molecule has 0 fully saturated rings. The van der Waals surface area contributed by atoms with Crippen molar-refractivity contribution in [3.63, 3.8) is 0 Å². The van der Waals surface area contributed by atoms with Gasteiger partial charge in [0.1, 0.15) is 5.82 Å². The van der Waals surface area contributed by atoms with Gasteiger partial charge in [-0.15, -0.1) is 0 Å². The van der Waals surface area contributed by atoms with Gasteiger partial charge in [-0.2, -0.15) is 0 Å². The summed E-state index contributed by atoms with van der Waals surface area (Å²) in [4.78, 5) is 10.3. The van der Waals surface area contributed by atoms with Crippen LogP contribution in [0.2, 0.25) is 0 Å². The molecule has 0 spiro atoms. The minimum Gasteiger partial charge on any atom is -0.258 e. The number of aryl methyl sites for hydroxylation is 2. The topological polar surface area (TPSA) is 43.1 Å². The van der Waals surface area contributed by atoms with Gasteiger partial charge in [-0.1, -0.05) is 28.1 Å². The van der Waals surface area contributed by atoms with Crippen molar-refractivity contribution in [3.8, 4) is 0 Å². The van der Waals surface area contributed by atoms with Crippen LogP contribution in [0.3, 0.4) is 0 Å². The molecule has 5 heteroatoms. The Morgan fingerprint density at radius 2 is 1.79 bits per heavy atom. The maximum absolute atomic E-state index is 13.0. The summed E-state index contributed by atoms with van der Waals surface area (Å²) in [5.74, 6) is -0.584. The average molecular weight is 324 g/mol. The fourth-order valence-electron chi connectivity index (χ4n) is 1.85. The fraction of sp³-hybridized carbons (Fsp3) is 0.143. The quantitative estimate of drug-likeness (QED) is 0.622. The highest BCUT2D eigenvalue weighted by atomic mass is 79.9. The maximum atomic E-state index is 13.0. The molecule has 2 aromatic carbocycles. The van der Waals surface area contributed by atoms with Crippen LogP contribution in [0.4, 0.5) is 10.1 Å². The molecule has 0 atom stereocenters. The number of benzene rings is 2. The summed E-state index contributed by atoms with van der Waals surface area (Å²) in [6, 6.07) is 11.5. The lowest BCUT2D eigenvalue weighted by atomic mass is 10.0. The molecule has 0 amide bonds.